The van der Waals surface area contributed by atoms with Gasteiger partial charge in [-0.1, -0.05) is 53.7 Å². The van der Waals surface area contributed by atoms with E-state index in [0.29, 0.717) is 19.4 Å². The van der Waals surface area contributed by atoms with Crippen LogP contribution in [-0.2, 0) is 31.0 Å². The van der Waals surface area contributed by atoms with Crippen LogP contribution < -0.4 is 0 Å². The van der Waals surface area contributed by atoms with Crippen molar-refractivity contribution in [2.24, 2.45) is 0 Å². The highest BCUT2D eigenvalue weighted by Gasteiger charge is 2.24. The molecule has 0 saturated carbocycles. The van der Waals surface area contributed by atoms with Gasteiger partial charge in [-0.05, 0) is 66.5 Å². The topological polar surface area (TPSA) is 40.5 Å². The molecule has 0 spiro atoms. The molecule has 176 valence electrons. The number of hydrogen-bond donors (Lipinski definition) is 0. The monoisotopic (exact) mass is 457 g/mol. The van der Waals surface area contributed by atoms with Gasteiger partial charge in [0.25, 0.3) is 0 Å². The highest BCUT2D eigenvalue weighted by atomic mass is 31.2. The Morgan fingerprint density at radius 3 is 1.59 bits per heavy atom. The van der Waals surface area contributed by atoms with E-state index in [1.165, 1.54) is 32.9 Å². The zero-order valence-corrected chi connectivity index (χ0v) is 22.0. The van der Waals surface area contributed by atoms with E-state index in [0.717, 1.165) is 13.0 Å². The minimum atomic E-state index is -3.03. The summed E-state index contributed by atoms with van der Waals surface area (Å²) in [6, 6.07) is 13.7. The van der Waals surface area contributed by atoms with Crippen molar-refractivity contribution in [2.45, 2.75) is 79.2 Å². The number of aryl methyl sites for hydroxylation is 1. The molecule has 0 aliphatic carbocycles. The van der Waals surface area contributed by atoms with Crippen LogP contribution >= 0.6 is 7.60 Å². The van der Waals surface area contributed by atoms with Gasteiger partial charge in [0, 0.05) is 28.4 Å². The quantitative estimate of drug-likeness (QED) is 0.321. The van der Waals surface area contributed by atoms with Crippen molar-refractivity contribution in [3.63, 3.8) is 0 Å². The number of nitrogens with zero attached hydrogens (tertiary/aromatic N) is 1. The van der Waals surface area contributed by atoms with Crippen LogP contribution in [0.3, 0.4) is 0 Å². The van der Waals surface area contributed by atoms with Gasteiger partial charge >= 0.3 is 7.60 Å². The standard InChI is InChI=1S/C27H40NO3P/c1-9-30-32(29,31-10-2)17-11-16-28-24-14-12-20(26(3,4)5)18-22(24)23-19-21(27(6,7)8)13-15-25(23)28/h12-15,18-19H,9-11,16-17H2,1-8H3. The Balaban J connectivity index is 2.07. The fourth-order valence-corrected chi connectivity index (χ4v) is 5.91. The molecule has 0 saturated heterocycles. The highest BCUT2D eigenvalue weighted by Crippen LogP contribution is 2.48. The van der Waals surface area contributed by atoms with Crippen LogP contribution in [0.15, 0.2) is 36.4 Å². The van der Waals surface area contributed by atoms with Crippen LogP contribution in [-0.4, -0.2) is 23.9 Å². The van der Waals surface area contributed by atoms with Crippen molar-refractivity contribution in [1.29, 1.82) is 0 Å². The maximum absolute atomic E-state index is 12.9. The zero-order chi connectivity index (χ0) is 23.7. The number of hydrogen-bond acceptors (Lipinski definition) is 3. The molecule has 3 aromatic rings. The minimum Gasteiger partial charge on any atom is -0.340 e. The normalized spacial score (nSPS) is 13.4. The SMILES string of the molecule is CCOP(=O)(CCCn1c2ccc(C(C)(C)C)cc2c2cc(C(C)(C)C)ccc21)OCC. The molecule has 5 heteroatoms. The van der Waals surface area contributed by atoms with Gasteiger partial charge in [-0.15, -0.1) is 0 Å². The molecule has 1 aromatic heterocycles. The van der Waals surface area contributed by atoms with E-state index in [9.17, 15) is 4.57 Å². The Kier molecular flexibility index (Phi) is 7.29. The van der Waals surface area contributed by atoms with Crippen LogP contribution in [0.1, 0.15) is 72.9 Å². The molecular formula is C27H40NO3P. The fourth-order valence-electron chi connectivity index (χ4n) is 4.26. The van der Waals surface area contributed by atoms with Crippen LogP contribution in [0.4, 0.5) is 0 Å². The Morgan fingerprint density at radius 1 is 0.781 bits per heavy atom. The third kappa shape index (κ3) is 5.30. The highest BCUT2D eigenvalue weighted by molar-refractivity contribution is 7.53. The molecule has 0 unspecified atom stereocenters. The number of benzene rings is 2. The number of aromatic nitrogens is 1. The molecule has 3 rings (SSSR count). The zero-order valence-electron chi connectivity index (χ0n) is 21.1. The van der Waals surface area contributed by atoms with Gasteiger partial charge in [0.1, 0.15) is 0 Å². The number of fused-ring (bicyclic) bond motifs is 3. The van der Waals surface area contributed by atoms with E-state index in [2.05, 4.69) is 82.5 Å². The lowest BCUT2D eigenvalue weighted by Gasteiger charge is -2.19. The summed E-state index contributed by atoms with van der Waals surface area (Å²) in [5.41, 5.74) is 5.30. The minimum absolute atomic E-state index is 0.0892. The van der Waals surface area contributed by atoms with Gasteiger partial charge in [0.2, 0.25) is 0 Å². The first kappa shape index (κ1) is 25.0. The lowest BCUT2D eigenvalue weighted by atomic mass is 9.85. The van der Waals surface area contributed by atoms with Gasteiger partial charge in [-0.2, -0.15) is 0 Å². The van der Waals surface area contributed by atoms with Crippen molar-refractivity contribution < 1.29 is 13.6 Å². The Bertz CT molecular complexity index is 1050. The van der Waals surface area contributed by atoms with Crippen molar-refractivity contribution in [3.05, 3.63) is 47.5 Å². The Morgan fingerprint density at radius 2 is 1.22 bits per heavy atom. The lowest BCUT2D eigenvalue weighted by molar-refractivity contribution is 0.219. The molecular weight excluding hydrogens is 417 g/mol. The summed E-state index contributed by atoms with van der Waals surface area (Å²) >= 11 is 0. The van der Waals surface area contributed by atoms with Crippen molar-refractivity contribution in [1.82, 2.24) is 4.57 Å². The Hall–Kier alpha value is -1.61. The molecule has 0 aliphatic rings. The predicted molar refractivity (Wildman–Crippen MR) is 137 cm³/mol. The van der Waals surface area contributed by atoms with E-state index in [1.807, 2.05) is 13.8 Å². The molecule has 0 aliphatic heterocycles. The molecule has 1 heterocycles. The van der Waals surface area contributed by atoms with Gasteiger partial charge in [-0.25, -0.2) is 0 Å². The molecule has 0 N–H and O–H groups in total. The van der Waals surface area contributed by atoms with Crippen molar-refractivity contribution in [2.75, 3.05) is 19.4 Å². The predicted octanol–water partition coefficient (Wildman–Crippen LogP) is 8.05. The summed E-state index contributed by atoms with van der Waals surface area (Å²) in [6.45, 7) is 18.8. The summed E-state index contributed by atoms with van der Waals surface area (Å²) in [5.74, 6) is 0. The smallest absolute Gasteiger partial charge is 0.330 e. The third-order valence-corrected chi connectivity index (χ3v) is 8.23. The largest absolute Gasteiger partial charge is 0.340 e. The summed E-state index contributed by atoms with van der Waals surface area (Å²) in [7, 11) is -3.03. The molecule has 4 nitrogen and oxygen atoms in total. The maximum atomic E-state index is 12.9. The van der Waals surface area contributed by atoms with E-state index in [-0.39, 0.29) is 10.8 Å². The maximum Gasteiger partial charge on any atom is 0.330 e. The first-order valence-corrected chi connectivity index (χ1v) is 13.6. The van der Waals surface area contributed by atoms with E-state index in [4.69, 9.17) is 9.05 Å². The van der Waals surface area contributed by atoms with Crippen molar-refractivity contribution in [3.8, 4) is 0 Å². The van der Waals surface area contributed by atoms with Crippen LogP contribution in [0.25, 0.3) is 21.8 Å². The first-order chi connectivity index (χ1) is 14.9. The van der Waals surface area contributed by atoms with Crippen LogP contribution in [0.5, 0.6) is 0 Å². The number of rotatable bonds is 8. The second kappa shape index (κ2) is 9.33. The molecule has 0 fully saturated rings. The molecule has 0 amide bonds. The van der Waals surface area contributed by atoms with Gasteiger partial charge in [0.05, 0.1) is 19.4 Å². The average Bonchev–Trinajstić information content (AvgIpc) is 3.00. The van der Waals surface area contributed by atoms with Gasteiger partial charge in [-0.3, -0.25) is 4.57 Å². The summed E-state index contributed by atoms with van der Waals surface area (Å²) in [6.07, 6.45) is 1.16. The van der Waals surface area contributed by atoms with Gasteiger partial charge in [0.15, 0.2) is 0 Å². The second-order valence-electron chi connectivity index (χ2n) is 10.6. The molecule has 2 aromatic carbocycles. The van der Waals surface area contributed by atoms with E-state index < -0.39 is 7.60 Å². The van der Waals surface area contributed by atoms with Gasteiger partial charge < -0.3 is 13.6 Å². The van der Waals surface area contributed by atoms with E-state index >= 15 is 0 Å². The average molecular weight is 458 g/mol. The summed E-state index contributed by atoms with van der Waals surface area (Å²) in [5, 5.41) is 2.58. The van der Waals surface area contributed by atoms with Crippen LogP contribution in [0, 0.1) is 0 Å². The summed E-state index contributed by atoms with van der Waals surface area (Å²) in [4.78, 5) is 0. The van der Waals surface area contributed by atoms with Crippen LogP contribution in [0.2, 0.25) is 0 Å². The Labute approximate surface area is 193 Å². The third-order valence-electron chi connectivity index (χ3n) is 6.06. The lowest BCUT2D eigenvalue weighted by Crippen LogP contribution is -2.10. The fraction of sp³-hybridized carbons (Fsp3) is 0.556. The van der Waals surface area contributed by atoms with Crippen molar-refractivity contribution >= 4 is 29.4 Å². The molecule has 0 radical (unpaired) electrons. The molecule has 0 bridgehead atoms. The molecule has 32 heavy (non-hydrogen) atoms. The molecule has 0 atom stereocenters. The summed E-state index contributed by atoms with van der Waals surface area (Å²) < 4.78 is 26.3. The van der Waals surface area contributed by atoms with E-state index in [1.54, 1.807) is 0 Å². The second-order valence-corrected chi connectivity index (χ2v) is 12.8. The first-order valence-electron chi connectivity index (χ1n) is 11.8.